The van der Waals surface area contributed by atoms with Crippen molar-refractivity contribution in [3.63, 3.8) is 0 Å². The molecule has 8 aliphatic rings. The summed E-state index contributed by atoms with van der Waals surface area (Å²) < 4.78 is 69.9. The van der Waals surface area contributed by atoms with Crippen molar-refractivity contribution in [1.29, 1.82) is 0 Å². The van der Waals surface area contributed by atoms with E-state index in [0.717, 1.165) is 135 Å². The van der Waals surface area contributed by atoms with Crippen LogP contribution in [0.15, 0.2) is 97.2 Å². The van der Waals surface area contributed by atoms with Gasteiger partial charge in [0.15, 0.2) is 0 Å². The van der Waals surface area contributed by atoms with Crippen LogP contribution in [0.2, 0.25) is 0 Å². The molecule has 8 rings (SSSR count). The number of ether oxygens (including phenoxy) is 13. The minimum absolute atomic E-state index is 0.0114. The van der Waals surface area contributed by atoms with Crippen molar-refractivity contribution in [2.24, 2.45) is 0 Å². The summed E-state index contributed by atoms with van der Waals surface area (Å²) >= 11 is 3.72. The van der Waals surface area contributed by atoms with Gasteiger partial charge in [0, 0.05) is 63.8 Å². The number of thioether (sulfide) groups is 3. The van der Waals surface area contributed by atoms with Crippen molar-refractivity contribution in [1.82, 2.24) is 10.6 Å². The lowest BCUT2D eigenvalue weighted by atomic mass is 10.0. The van der Waals surface area contributed by atoms with E-state index in [-0.39, 0.29) is 155 Å². The Balaban J connectivity index is -0.00000163. The number of hydrogen-bond donors (Lipinski definition) is 2. The van der Waals surface area contributed by atoms with E-state index < -0.39 is 41.4 Å². The van der Waals surface area contributed by atoms with Crippen LogP contribution in [0, 0.1) is 0 Å². The molecular weight excluding hydrogens is 1990 g/mol. The third-order valence-corrected chi connectivity index (χ3v) is 22.5. The van der Waals surface area contributed by atoms with Gasteiger partial charge in [0.05, 0.1) is 23.4 Å². The fourth-order valence-corrected chi connectivity index (χ4v) is 16.2. The van der Waals surface area contributed by atoms with Gasteiger partial charge in [-0.05, 0) is 396 Å². The lowest BCUT2D eigenvalue weighted by molar-refractivity contribution is -0.193. The first kappa shape index (κ1) is 145. The van der Waals surface area contributed by atoms with Crippen LogP contribution in [0.5, 0.6) is 0 Å². The fourth-order valence-electron chi connectivity index (χ4n) is 14.2. The van der Waals surface area contributed by atoms with Crippen molar-refractivity contribution in [3.05, 3.63) is 97.2 Å². The molecule has 32 nitrogen and oxygen atoms in total. The molecular formula is C115H188N2O30S3. The molecule has 0 heterocycles. The summed E-state index contributed by atoms with van der Waals surface area (Å²) in [6, 6.07) is 0. The largest absolute Gasteiger partial charge is 0.509 e. The van der Waals surface area contributed by atoms with Crippen molar-refractivity contribution in [3.8, 4) is 0 Å². The van der Waals surface area contributed by atoms with Gasteiger partial charge in [-0.3, -0.25) is 14.4 Å². The van der Waals surface area contributed by atoms with E-state index in [9.17, 15) is 52.7 Å². The van der Waals surface area contributed by atoms with Gasteiger partial charge >= 0.3 is 65.0 Å². The topological polar surface area (TPSA) is 434 Å². The zero-order chi connectivity index (χ0) is 115. The quantitative estimate of drug-likeness (QED) is 0.116. The van der Waals surface area contributed by atoms with E-state index in [2.05, 4.69) is 76.5 Å². The first-order valence-electron chi connectivity index (χ1n) is 52.9. The van der Waals surface area contributed by atoms with Gasteiger partial charge in [0.2, 0.25) is 0 Å². The summed E-state index contributed by atoms with van der Waals surface area (Å²) in [5.41, 5.74) is -2.30. The molecule has 10 unspecified atom stereocenters. The van der Waals surface area contributed by atoms with E-state index >= 15 is 0 Å². The zero-order valence-electron chi connectivity index (χ0n) is 96.2. The van der Waals surface area contributed by atoms with Gasteiger partial charge in [0.1, 0.15) is 83.0 Å². The Morgan fingerprint density at radius 1 is 0.260 bits per heavy atom. The molecule has 0 saturated heterocycles. The highest BCUT2D eigenvalue weighted by atomic mass is 32.2. The second-order valence-electron chi connectivity index (χ2n) is 46.9. The first-order chi connectivity index (χ1) is 69.4. The van der Waals surface area contributed by atoms with E-state index in [0.29, 0.717) is 51.4 Å². The molecule has 0 aromatic heterocycles. The summed E-state index contributed by atoms with van der Waals surface area (Å²) in [6.07, 6.45) is 60.6. The van der Waals surface area contributed by atoms with E-state index in [1.165, 1.54) is 73.8 Å². The van der Waals surface area contributed by atoms with Crippen LogP contribution < -0.4 is 10.6 Å². The number of allylic oxidation sites excluding steroid dienone is 6. The Morgan fingerprint density at radius 3 is 0.700 bits per heavy atom. The smallest absolute Gasteiger partial charge is 0.450 e. The monoisotopic (exact) mass is 2170 g/mol. The molecule has 0 bridgehead atoms. The van der Waals surface area contributed by atoms with Gasteiger partial charge < -0.3 is 72.2 Å². The number of Topliss-reactive ketones (excluding diaryl/α,β-unsaturated/α-hetero) is 3. The first-order valence-corrected chi connectivity index (χ1v) is 55.4. The van der Waals surface area contributed by atoms with E-state index in [1.807, 2.05) is 188 Å². The Morgan fingerprint density at radius 2 is 0.473 bits per heavy atom. The second kappa shape index (κ2) is 78.0. The molecule has 0 aromatic carbocycles. The zero-order valence-corrected chi connectivity index (χ0v) is 98.7. The van der Waals surface area contributed by atoms with Gasteiger partial charge in [-0.2, -0.15) is 28.8 Å². The number of rotatable bonds is 10. The van der Waals surface area contributed by atoms with E-state index in [1.54, 1.807) is 51.2 Å². The number of amides is 2. The molecule has 0 spiro atoms. The summed E-state index contributed by atoms with van der Waals surface area (Å²) in [6.45, 7) is 58.4. The van der Waals surface area contributed by atoms with Gasteiger partial charge in [-0.15, -0.1) is 0 Å². The summed E-state index contributed by atoms with van der Waals surface area (Å²) in [5.74, 6) is 0.742. The fraction of sp³-hybridized carbons (Fsp3) is 0.739. The molecule has 0 fully saturated rings. The predicted molar refractivity (Wildman–Crippen MR) is 586 cm³/mol. The molecule has 0 saturated carbocycles. The van der Waals surface area contributed by atoms with Crippen LogP contribution in [-0.4, -0.2) is 197 Å². The van der Waals surface area contributed by atoms with E-state index in [4.69, 9.17) is 90.3 Å². The minimum Gasteiger partial charge on any atom is -0.450 e. The summed E-state index contributed by atoms with van der Waals surface area (Å²) in [4.78, 5) is 175. The van der Waals surface area contributed by atoms with Crippen LogP contribution in [0.25, 0.3) is 0 Å². The highest BCUT2D eigenvalue weighted by Crippen LogP contribution is 2.33. The van der Waals surface area contributed by atoms with Gasteiger partial charge in [-0.25, -0.2) is 38.4 Å². The molecule has 0 radical (unpaired) electrons. The molecule has 2 amide bonds. The highest BCUT2D eigenvalue weighted by Gasteiger charge is 2.31. The molecule has 10 atom stereocenters. The lowest BCUT2D eigenvalue weighted by Gasteiger charge is -2.28. The highest BCUT2D eigenvalue weighted by molar-refractivity contribution is 8.14. The number of alkyl carbamates (subject to hydrolysis) is 2. The molecule has 2 N–H and O–H groups in total. The van der Waals surface area contributed by atoms with Crippen LogP contribution >= 0.6 is 35.3 Å². The molecule has 856 valence electrons. The third-order valence-electron chi connectivity index (χ3n) is 19.9. The van der Waals surface area contributed by atoms with Crippen LogP contribution in [0.3, 0.4) is 0 Å². The van der Waals surface area contributed by atoms with Gasteiger partial charge in [0.25, 0.3) is 0 Å². The Kier molecular flexibility index (Phi) is 75.4. The maximum atomic E-state index is 11.9. The average molecular weight is 2170 g/mol. The maximum absolute atomic E-state index is 11.9. The SMILES string of the molecule is CC(C)(C)NC(=O)OC1/C=C/CC(=O)CCC1.CC(C)(C)NC(=O)OC1/C=C/CCCCC1.CC(C)(C)OC(=O)OC1/C=C/CC(=O)CCC1.CC(C)(C)OC(=O)OC1/C=C/CC(OC(C)(C)C)CCC1.CC(C)(C)OC(=O)OC1/C=C/CCCCC1.CC(C)(C)OC1C/C=C/C(OC(=O)SC(C)(C)C)CCC1.CC(C)(C)SC(=O)OC1/C=C/CC(=O)CCC1.CC(C)(C)SC(=O)OC1/C=C/CCCCC1.O=C=O.O=C=O.O=C=O. The average Bonchev–Trinajstić information content (AvgIpc) is 0.892. The Hall–Kier alpha value is -9.20. The molecule has 150 heavy (non-hydrogen) atoms. The second-order valence-corrected chi connectivity index (χ2v) is 52.2. The molecule has 0 aromatic rings. The van der Waals surface area contributed by atoms with Crippen molar-refractivity contribution >= 4 is 118 Å². The normalized spacial score (nSPS) is 23.1. The number of ketones is 3. The maximum Gasteiger partial charge on any atom is 0.509 e. The van der Waals surface area contributed by atoms with Crippen LogP contribution in [0.4, 0.5) is 38.4 Å². The minimum atomic E-state index is -0.654. The van der Waals surface area contributed by atoms with Gasteiger partial charge in [-0.1, -0.05) is 130 Å². The molecule has 35 heteroatoms. The summed E-state index contributed by atoms with van der Waals surface area (Å²) in [5, 5.41) is 4.99. The predicted octanol–water partition coefficient (Wildman–Crippen LogP) is 29.3. The van der Waals surface area contributed by atoms with Crippen LogP contribution in [-0.2, 0) is 105 Å². The van der Waals surface area contributed by atoms with Crippen molar-refractivity contribution < 1.29 is 143 Å². The summed E-state index contributed by atoms with van der Waals surface area (Å²) in [7, 11) is 0. The molecule has 8 aliphatic carbocycles. The number of carbonyl (C=O) groups is 11. The van der Waals surface area contributed by atoms with Crippen molar-refractivity contribution in [2.45, 2.75) is 547 Å². The number of carbonyl (C=O) groups excluding carboxylic acids is 17. The third kappa shape index (κ3) is 99.4. The standard InChI is InChI=1S/C17H30O4.C17H30O3S.C13H21NO3.C13H23NO2.C13H20O4.C13H20O3S.C13H22O3.C13H22O2S.3CO2/c2*1-16(2,3)20-14-11-7-9-13(10-8-12-14)19-15(18)21-17(4,5)6;1-13(2,3)14-12(16)17-11-8-4-6-10(15)7-5-9-11;1-13(2,3)14-12(15)16-11-9-7-5-4-6-8-10-11;2*1-13(2,3)17-12(15)16-11-8-4-6-10(14)7-5-9-11;2*1-13(2,3)16-12(14)15-11-9-7-5-4-6-8-10-11;3*2-1-3/h2*7,9,13-14H,8,10-12H2,1-6H3;4,8,11H,5-7,9H2,1-3H3,(H,14,16);7,9,11H,4-6,8,10H2,1-3H3,(H,14,15);2*4,8,11H,5-7,9H2,1-3H3;2*7,9,11H,4-6,8,10H2,1-3H3;;;/b2*9-7+;8-4+;9-7+;2*8-4+;2*9-7+;;;. The van der Waals surface area contributed by atoms with Crippen molar-refractivity contribution in [2.75, 3.05) is 0 Å². The molecule has 0 aliphatic heterocycles. The number of hydrogen-bond acceptors (Lipinski definition) is 33. The van der Waals surface area contributed by atoms with Crippen LogP contribution in [0.1, 0.15) is 432 Å². The lowest BCUT2D eigenvalue weighted by Crippen LogP contribution is -2.42. The Labute approximate surface area is 910 Å². The Bertz CT molecular complexity index is 3870. The number of nitrogens with one attached hydrogen (secondary N) is 2.